The maximum atomic E-state index is 5.73. The molecule has 110 valence electrons. The molecule has 0 fully saturated rings. The lowest BCUT2D eigenvalue weighted by Crippen LogP contribution is -2.07. The lowest BCUT2D eigenvalue weighted by atomic mass is 10.1. The van der Waals surface area contributed by atoms with Gasteiger partial charge < -0.3 is 14.6 Å². The van der Waals surface area contributed by atoms with Crippen LogP contribution in [0.3, 0.4) is 0 Å². The predicted octanol–water partition coefficient (Wildman–Crippen LogP) is 3.42. The Morgan fingerprint density at radius 2 is 2.00 bits per heavy atom. The molecule has 0 bridgehead atoms. The maximum absolute atomic E-state index is 5.73. The van der Waals surface area contributed by atoms with Gasteiger partial charge in [0.1, 0.15) is 0 Å². The molecule has 1 aromatic carbocycles. The van der Waals surface area contributed by atoms with E-state index < -0.39 is 0 Å². The minimum Gasteiger partial charge on any atom is -0.380 e. The molecule has 0 saturated heterocycles. The Labute approximate surface area is 121 Å². The SMILES string of the molecule is CNCc1cn(CCOCCC(C)C)c2ccccc12. The van der Waals surface area contributed by atoms with Gasteiger partial charge in [-0.3, -0.25) is 0 Å². The van der Waals surface area contributed by atoms with Crippen molar-refractivity contribution in [3.05, 3.63) is 36.0 Å². The van der Waals surface area contributed by atoms with Gasteiger partial charge >= 0.3 is 0 Å². The Bertz CT molecular complexity index is 531. The number of fused-ring (bicyclic) bond motifs is 1. The summed E-state index contributed by atoms with van der Waals surface area (Å²) in [5.74, 6) is 0.713. The molecular weight excluding hydrogens is 248 g/mol. The third-order valence-corrected chi connectivity index (χ3v) is 3.55. The summed E-state index contributed by atoms with van der Waals surface area (Å²) in [4.78, 5) is 0. The van der Waals surface area contributed by atoms with E-state index in [9.17, 15) is 0 Å². The number of hydrogen-bond donors (Lipinski definition) is 1. The van der Waals surface area contributed by atoms with Gasteiger partial charge in [0.05, 0.1) is 6.61 Å². The topological polar surface area (TPSA) is 26.2 Å². The average Bonchev–Trinajstić information content (AvgIpc) is 2.77. The van der Waals surface area contributed by atoms with E-state index in [1.807, 2.05) is 7.05 Å². The van der Waals surface area contributed by atoms with Crippen molar-refractivity contribution in [2.45, 2.75) is 33.4 Å². The highest BCUT2D eigenvalue weighted by Gasteiger charge is 2.07. The van der Waals surface area contributed by atoms with Crippen LogP contribution in [0.15, 0.2) is 30.5 Å². The van der Waals surface area contributed by atoms with Crippen molar-refractivity contribution < 1.29 is 4.74 Å². The number of nitrogens with zero attached hydrogens (tertiary/aromatic N) is 1. The molecule has 0 saturated carbocycles. The molecule has 0 amide bonds. The summed E-state index contributed by atoms with van der Waals surface area (Å²) in [5.41, 5.74) is 2.65. The lowest BCUT2D eigenvalue weighted by Gasteiger charge is -2.08. The van der Waals surface area contributed by atoms with Crippen molar-refractivity contribution in [1.82, 2.24) is 9.88 Å². The molecule has 2 aromatic rings. The number of ether oxygens (including phenoxy) is 1. The Morgan fingerprint density at radius 1 is 1.20 bits per heavy atom. The summed E-state index contributed by atoms with van der Waals surface area (Å²) >= 11 is 0. The Kier molecular flexibility index (Phi) is 5.62. The lowest BCUT2D eigenvalue weighted by molar-refractivity contribution is 0.117. The highest BCUT2D eigenvalue weighted by atomic mass is 16.5. The molecule has 3 nitrogen and oxygen atoms in total. The first kappa shape index (κ1) is 15.1. The second kappa shape index (κ2) is 7.46. The van der Waals surface area contributed by atoms with Crippen LogP contribution in [0.4, 0.5) is 0 Å². The molecule has 0 atom stereocenters. The molecular formula is C17H26N2O. The third kappa shape index (κ3) is 3.84. The van der Waals surface area contributed by atoms with Crippen LogP contribution in [0, 0.1) is 5.92 Å². The van der Waals surface area contributed by atoms with Crippen molar-refractivity contribution >= 4 is 10.9 Å². The van der Waals surface area contributed by atoms with Crippen LogP contribution in [0.25, 0.3) is 10.9 Å². The van der Waals surface area contributed by atoms with Gasteiger partial charge in [0.2, 0.25) is 0 Å². The molecule has 0 aliphatic heterocycles. The monoisotopic (exact) mass is 274 g/mol. The normalized spacial score (nSPS) is 11.6. The molecule has 0 aliphatic carbocycles. The van der Waals surface area contributed by atoms with Crippen LogP contribution < -0.4 is 5.32 Å². The van der Waals surface area contributed by atoms with Crippen LogP contribution in [-0.4, -0.2) is 24.8 Å². The zero-order chi connectivity index (χ0) is 14.4. The summed E-state index contributed by atoms with van der Waals surface area (Å²) in [7, 11) is 1.99. The van der Waals surface area contributed by atoms with Gasteiger partial charge in [-0.15, -0.1) is 0 Å². The Balaban J connectivity index is 1.99. The standard InChI is InChI=1S/C17H26N2O/c1-14(2)8-10-20-11-9-19-13-15(12-18-3)16-6-4-5-7-17(16)19/h4-7,13-14,18H,8-12H2,1-3H3. The minimum absolute atomic E-state index is 0.713. The average molecular weight is 274 g/mol. The van der Waals surface area contributed by atoms with E-state index in [2.05, 4.69) is 54.2 Å². The maximum Gasteiger partial charge on any atom is 0.0645 e. The molecule has 1 N–H and O–H groups in total. The Hall–Kier alpha value is -1.32. The summed E-state index contributed by atoms with van der Waals surface area (Å²) < 4.78 is 8.03. The van der Waals surface area contributed by atoms with E-state index in [4.69, 9.17) is 4.74 Å². The van der Waals surface area contributed by atoms with Crippen molar-refractivity contribution in [1.29, 1.82) is 0 Å². The fourth-order valence-corrected chi connectivity index (χ4v) is 2.42. The predicted molar refractivity (Wildman–Crippen MR) is 85.0 cm³/mol. The fourth-order valence-electron chi connectivity index (χ4n) is 2.42. The van der Waals surface area contributed by atoms with E-state index >= 15 is 0 Å². The number of para-hydroxylation sites is 1. The molecule has 0 unspecified atom stereocenters. The minimum atomic E-state index is 0.713. The molecule has 1 heterocycles. The van der Waals surface area contributed by atoms with Gasteiger partial charge in [-0.2, -0.15) is 0 Å². The fraction of sp³-hybridized carbons (Fsp3) is 0.529. The zero-order valence-electron chi connectivity index (χ0n) is 12.9. The first-order valence-electron chi connectivity index (χ1n) is 7.51. The van der Waals surface area contributed by atoms with E-state index in [-0.39, 0.29) is 0 Å². The molecule has 1 aromatic heterocycles. The van der Waals surface area contributed by atoms with Crippen LogP contribution >= 0.6 is 0 Å². The Morgan fingerprint density at radius 3 is 2.75 bits per heavy atom. The van der Waals surface area contributed by atoms with Crippen LogP contribution in [0.1, 0.15) is 25.8 Å². The highest BCUT2D eigenvalue weighted by molar-refractivity contribution is 5.83. The smallest absolute Gasteiger partial charge is 0.0645 e. The second-order valence-corrected chi connectivity index (χ2v) is 5.69. The largest absolute Gasteiger partial charge is 0.380 e. The van der Waals surface area contributed by atoms with Gasteiger partial charge in [0.25, 0.3) is 0 Å². The van der Waals surface area contributed by atoms with Crippen LogP contribution in [-0.2, 0) is 17.8 Å². The van der Waals surface area contributed by atoms with Gasteiger partial charge in [-0.05, 0) is 31.0 Å². The van der Waals surface area contributed by atoms with Crippen molar-refractivity contribution in [2.24, 2.45) is 5.92 Å². The molecule has 3 heteroatoms. The van der Waals surface area contributed by atoms with Crippen molar-refractivity contribution in [2.75, 3.05) is 20.3 Å². The molecule has 20 heavy (non-hydrogen) atoms. The molecule has 0 spiro atoms. The zero-order valence-corrected chi connectivity index (χ0v) is 12.9. The first-order chi connectivity index (χ1) is 9.72. The number of nitrogens with one attached hydrogen (secondary N) is 1. The van der Waals surface area contributed by atoms with E-state index in [0.29, 0.717) is 5.92 Å². The molecule has 2 rings (SSSR count). The van der Waals surface area contributed by atoms with Gasteiger partial charge in [0, 0.05) is 36.8 Å². The second-order valence-electron chi connectivity index (χ2n) is 5.69. The van der Waals surface area contributed by atoms with Gasteiger partial charge in [0.15, 0.2) is 0 Å². The van der Waals surface area contributed by atoms with E-state index in [1.165, 1.54) is 16.5 Å². The highest BCUT2D eigenvalue weighted by Crippen LogP contribution is 2.21. The van der Waals surface area contributed by atoms with Crippen molar-refractivity contribution in [3.8, 4) is 0 Å². The summed E-state index contributed by atoms with van der Waals surface area (Å²) in [6, 6.07) is 8.58. The third-order valence-electron chi connectivity index (χ3n) is 3.55. The van der Waals surface area contributed by atoms with Crippen LogP contribution in [0.5, 0.6) is 0 Å². The van der Waals surface area contributed by atoms with Crippen molar-refractivity contribution in [3.63, 3.8) is 0 Å². The number of aromatic nitrogens is 1. The summed E-state index contributed by atoms with van der Waals surface area (Å²) in [6.45, 7) is 7.92. The number of rotatable bonds is 8. The van der Waals surface area contributed by atoms with Gasteiger partial charge in [-0.1, -0.05) is 32.0 Å². The van der Waals surface area contributed by atoms with Gasteiger partial charge in [-0.25, -0.2) is 0 Å². The van der Waals surface area contributed by atoms with E-state index in [1.54, 1.807) is 0 Å². The quantitative estimate of drug-likeness (QED) is 0.746. The molecule has 0 radical (unpaired) electrons. The summed E-state index contributed by atoms with van der Waals surface area (Å²) in [5, 5.41) is 4.57. The van der Waals surface area contributed by atoms with Crippen LogP contribution in [0.2, 0.25) is 0 Å². The number of benzene rings is 1. The first-order valence-corrected chi connectivity index (χ1v) is 7.51. The molecule has 0 aliphatic rings. The summed E-state index contributed by atoms with van der Waals surface area (Å²) in [6.07, 6.45) is 3.38. The number of hydrogen-bond acceptors (Lipinski definition) is 2. The van der Waals surface area contributed by atoms with E-state index in [0.717, 1.165) is 32.7 Å².